The molecule has 0 spiro atoms. The first-order valence-electron chi connectivity index (χ1n) is 6.72. The first kappa shape index (κ1) is 22.6. The van der Waals surface area contributed by atoms with Crippen LogP contribution in [-0.4, -0.2) is 30.4 Å². The molecule has 25 heavy (non-hydrogen) atoms. The molecule has 0 aliphatic heterocycles. The molecule has 3 aromatic rings. The minimum absolute atomic E-state index is 0. The molecule has 0 aliphatic rings. The summed E-state index contributed by atoms with van der Waals surface area (Å²) in [7, 11) is 0. The van der Waals surface area contributed by atoms with Gasteiger partial charge in [-0.25, -0.2) is 0 Å². The molecular formula is C16H16N2O6Pt+2. The van der Waals surface area contributed by atoms with Crippen molar-refractivity contribution < 1.29 is 41.5 Å². The van der Waals surface area contributed by atoms with Gasteiger partial charge in [-0.3, -0.25) is 19.6 Å². The van der Waals surface area contributed by atoms with Crippen molar-refractivity contribution in [2.45, 2.75) is 13.2 Å². The van der Waals surface area contributed by atoms with E-state index in [2.05, 4.69) is 9.97 Å². The Hall–Kier alpha value is -2.41. The third-order valence-corrected chi connectivity index (χ3v) is 2.67. The molecule has 4 N–H and O–H groups in total. The van der Waals surface area contributed by atoms with Gasteiger partial charge in [0.15, 0.2) is 0 Å². The van der Waals surface area contributed by atoms with E-state index in [0.717, 1.165) is 11.1 Å². The van der Waals surface area contributed by atoms with E-state index < -0.39 is 22.4 Å². The molecule has 0 radical (unpaired) electrons. The van der Waals surface area contributed by atoms with Crippen molar-refractivity contribution in [2.75, 3.05) is 0 Å². The Morgan fingerprint density at radius 2 is 1.12 bits per heavy atom. The fourth-order valence-corrected chi connectivity index (χ4v) is 1.35. The largest absolute Gasteiger partial charge is 2.00 e. The summed E-state index contributed by atoms with van der Waals surface area (Å²) < 4.78 is 0. The molecule has 0 saturated heterocycles. The van der Waals surface area contributed by atoms with Gasteiger partial charge in [0.05, 0.1) is 13.2 Å². The Labute approximate surface area is 157 Å². The van der Waals surface area contributed by atoms with Crippen LogP contribution in [0.1, 0.15) is 11.1 Å². The predicted octanol–water partition coefficient (Wildman–Crippen LogP) is -0.161. The maximum absolute atomic E-state index is 9.95. The van der Waals surface area contributed by atoms with Crippen molar-refractivity contribution in [3.05, 3.63) is 80.6 Å². The quantitative estimate of drug-likeness (QED) is 0.337. The minimum Gasteiger partial charge on any atom is -0.501 e. The normalized spacial score (nSPS) is 9.04. The second kappa shape index (κ2) is 12.0. The number of hydrogen-bond acceptors (Lipinski definition) is 8. The first-order valence-corrected chi connectivity index (χ1v) is 6.72. The zero-order chi connectivity index (χ0) is 17.9. The first-order chi connectivity index (χ1) is 11.5. The van der Waals surface area contributed by atoms with E-state index in [4.69, 9.17) is 20.4 Å². The van der Waals surface area contributed by atoms with E-state index >= 15 is 0 Å². The van der Waals surface area contributed by atoms with Crippen molar-refractivity contribution in [1.82, 2.24) is 9.97 Å². The summed E-state index contributed by atoms with van der Waals surface area (Å²) in [6.07, 6.45) is 6.64. The Morgan fingerprint density at radius 3 is 1.28 bits per heavy atom. The van der Waals surface area contributed by atoms with Crippen molar-refractivity contribution in [3.63, 3.8) is 0 Å². The van der Waals surface area contributed by atoms with E-state index in [1.54, 1.807) is 36.9 Å². The molecule has 0 bridgehead atoms. The second-order valence-corrected chi connectivity index (χ2v) is 4.39. The summed E-state index contributed by atoms with van der Waals surface area (Å²) in [5, 5.41) is 33.4. The van der Waals surface area contributed by atoms with Crippen LogP contribution in [0.4, 0.5) is 0 Å². The molecular weight excluding hydrogens is 511 g/mol. The van der Waals surface area contributed by atoms with Gasteiger partial charge in [0.25, 0.3) is 10.9 Å². The van der Waals surface area contributed by atoms with Gasteiger partial charge in [-0.05, 0) is 23.3 Å². The molecule has 3 rings (SSSR count). The fraction of sp³-hybridized carbons (Fsp3) is 0.125. The third-order valence-electron chi connectivity index (χ3n) is 2.67. The second-order valence-electron chi connectivity index (χ2n) is 4.39. The van der Waals surface area contributed by atoms with Crippen LogP contribution in [0.5, 0.6) is 11.5 Å². The van der Waals surface area contributed by atoms with Crippen LogP contribution in [-0.2, 0) is 34.3 Å². The molecule has 134 valence electrons. The average Bonchev–Trinajstić information content (AvgIpc) is 2.68. The third kappa shape index (κ3) is 7.34. The molecule has 0 unspecified atom stereocenters. The SMILES string of the molecule is O=c1c(O)c(O)c1=O.OCc1cccnc1.OCc1cccnc1.[Pt+2]. The van der Waals surface area contributed by atoms with E-state index in [-0.39, 0.29) is 34.3 Å². The predicted molar refractivity (Wildman–Crippen MR) is 85.0 cm³/mol. The Balaban J connectivity index is 0.000000339. The zero-order valence-corrected chi connectivity index (χ0v) is 15.1. The van der Waals surface area contributed by atoms with Crippen molar-refractivity contribution in [1.29, 1.82) is 0 Å². The van der Waals surface area contributed by atoms with Gasteiger partial charge in [0.1, 0.15) is 0 Å². The van der Waals surface area contributed by atoms with Crippen LogP contribution in [0.15, 0.2) is 58.6 Å². The molecule has 9 heteroatoms. The maximum Gasteiger partial charge on any atom is 2.00 e. The van der Waals surface area contributed by atoms with Gasteiger partial charge in [-0.15, -0.1) is 0 Å². The molecule has 2 aromatic heterocycles. The molecule has 0 atom stereocenters. The minimum atomic E-state index is -1.01. The van der Waals surface area contributed by atoms with Crippen LogP contribution in [0.25, 0.3) is 0 Å². The monoisotopic (exact) mass is 527 g/mol. The molecule has 0 amide bonds. The fourth-order valence-electron chi connectivity index (χ4n) is 1.35. The number of aromatic hydroxyl groups is 2. The number of aliphatic hydroxyl groups excluding tert-OH is 2. The van der Waals surface area contributed by atoms with E-state index in [1.165, 1.54) is 0 Å². The van der Waals surface area contributed by atoms with Gasteiger partial charge in [0, 0.05) is 24.8 Å². The Bertz CT molecular complexity index is 735. The Morgan fingerprint density at radius 1 is 0.760 bits per heavy atom. The molecule has 1 aromatic carbocycles. The molecule has 8 nitrogen and oxygen atoms in total. The molecule has 0 aliphatic carbocycles. The Kier molecular flexibility index (Phi) is 10.9. The molecule has 0 fully saturated rings. The number of aliphatic hydroxyl groups is 2. The standard InChI is InChI=1S/2C6H7NO.C4H2O4.Pt/c2*8-5-6-2-1-3-7-4-6;5-1-2(6)4(8)3(1)7;/h2*1-4,8H,5H2;5-6H;/q;;;+2. The van der Waals surface area contributed by atoms with E-state index in [1.807, 2.05) is 12.1 Å². The van der Waals surface area contributed by atoms with Gasteiger partial charge >= 0.3 is 21.1 Å². The van der Waals surface area contributed by atoms with Crippen molar-refractivity contribution >= 4 is 0 Å². The summed E-state index contributed by atoms with van der Waals surface area (Å²) in [6.45, 7) is 0.154. The van der Waals surface area contributed by atoms with Crippen LogP contribution in [0.3, 0.4) is 0 Å². The molecule has 2 heterocycles. The number of nitrogens with zero attached hydrogens (tertiary/aromatic N) is 2. The van der Waals surface area contributed by atoms with Crippen LogP contribution in [0.2, 0.25) is 0 Å². The van der Waals surface area contributed by atoms with Gasteiger partial charge in [0.2, 0.25) is 11.5 Å². The number of pyridine rings is 2. The number of hydrogen-bond donors (Lipinski definition) is 4. The maximum atomic E-state index is 9.95. The van der Waals surface area contributed by atoms with E-state index in [9.17, 15) is 9.59 Å². The summed E-state index contributed by atoms with van der Waals surface area (Å²) in [5.74, 6) is -1.65. The van der Waals surface area contributed by atoms with Crippen molar-refractivity contribution in [3.8, 4) is 11.5 Å². The van der Waals surface area contributed by atoms with Gasteiger partial charge in [-0.2, -0.15) is 0 Å². The topological polar surface area (TPSA) is 141 Å². The number of rotatable bonds is 2. The van der Waals surface area contributed by atoms with Gasteiger partial charge < -0.3 is 20.4 Å². The van der Waals surface area contributed by atoms with Crippen LogP contribution in [0, 0.1) is 0 Å². The van der Waals surface area contributed by atoms with Gasteiger partial charge in [-0.1, -0.05) is 12.1 Å². The summed E-state index contributed by atoms with van der Waals surface area (Å²) in [4.78, 5) is 27.5. The zero-order valence-electron chi connectivity index (χ0n) is 12.8. The molecule has 0 saturated carbocycles. The summed E-state index contributed by atoms with van der Waals surface area (Å²) >= 11 is 0. The number of aromatic nitrogens is 2. The van der Waals surface area contributed by atoms with Crippen LogP contribution < -0.4 is 10.9 Å². The van der Waals surface area contributed by atoms with E-state index in [0.29, 0.717) is 0 Å². The smallest absolute Gasteiger partial charge is 0.501 e. The van der Waals surface area contributed by atoms with Crippen LogP contribution >= 0.6 is 0 Å². The summed E-state index contributed by atoms with van der Waals surface area (Å²) in [6, 6.07) is 7.25. The summed E-state index contributed by atoms with van der Waals surface area (Å²) in [5.41, 5.74) is -0.315. The average molecular weight is 527 g/mol. The van der Waals surface area contributed by atoms with Crippen molar-refractivity contribution in [2.24, 2.45) is 0 Å².